The summed E-state index contributed by atoms with van der Waals surface area (Å²) in [6.45, 7) is 2.68. The van der Waals surface area contributed by atoms with E-state index >= 15 is 0 Å². The van der Waals surface area contributed by atoms with Gasteiger partial charge in [-0.15, -0.1) is 0 Å². The molecule has 1 atom stereocenters. The monoisotopic (exact) mass is 243 g/mol. The van der Waals surface area contributed by atoms with Crippen molar-refractivity contribution in [2.75, 3.05) is 6.54 Å². The highest BCUT2D eigenvalue weighted by molar-refractivity contribution is 5.28. The largest absolute Gasteiger partial charge is 0.330 e. The second-order valence-corrected chi connectivity index (χ2v) is 4.68. The summed E-state index contributed by atoms with van der Waals surface area (Å²) >= 11 is 0. The van der Waals surface area contributed by atoms with Crippen molar-refractivity contribution in [3.05, 3.63) is 71.0 Å². The van der Waals surface area contributed by atoms with Crippen LogP contribution in [-0.4, -0.2) is 6.54 Å². The molecule has 0 bridgehead atoms. The zero-order chi connectivity index (χ0) is 13.0. The topological polar surface area (TPSA) is 26.0 Å². The molecule has 1 unspecified atom stereocenters. The first-order valence-corrected chi connectivity index (χ1v) is 6.20. The molecule has 0 saturated heterocycles. The van der Waals surface area contributed by atoms with E-state index in [2.05, 4.69) is 31.2 Å². The van der Waals surface area contributed by atoms with Gasteiger partial charge in [-0.1, -0.05) is 42.0 Å². The summed E-state index contributed by atoms with van der Waals surface area (Å²) in [6, 6.07) is 15.1. The van der Waals surface area contributed by atoms with Crippen molar-refractivity contribution in [2.24, 2.45) is 5.73 Å². The normalized spacial score (nSPS) is 12.4. The van der Waals surface area contributed by atoms with Gasteiger partial charge in [-0.25, -0.2) is 4.39 Å². The van der Waals surface area contributed by atoms with Crippen LogP contribution in [-0.2, 0) is 6.42 Å². The summed E-state index contributed by atoms with van der Waals surface area (Å²) in [5, 5.41) is 0. The molecule has 0 heterocycles. The minimum atomic E-state index is -0.196. The van der Waals surface area contributed by atoms with Crippen LogP contribution in [0.4, 0.5) is 4.39 Å². The average Bonchev–Trinajstić information content (AvgIpc) is 2.38. The molecule has 0 spiro atoms. The minimum absolute atomic E-state index is 0.196. The van der Waals surface area contributed by atoms with E-state index in [9.17, 15) is 4.39 Å². The minimum Gasteiger partial charge on any atom is -0.330 e. The van der Waals surface area contributed by atoms with Crippen molar-refractivity contribution in [1.29, 1.82) is 0 Å². The van der Waals surface area contributed by atoms with Crippen LogP contribution >= 0.6 is 0 Å². The van der Waals surface area contributed by atoms with Crippen molar-refractivity contribution in [3.8, 4) is 0 Å². The molecule has 0 radical (unpaired) electrons. The summed E-state index contributed by atoms with van der Waals surface area (Å²) in [7, 11) is 0. The Morgan fingerprint density at radius 3 is 2.44 bits per heavy atom. The van der Waals surface area contributed by atoms with Crippen LogP contribution in [0.2, 0.25) is 0 Å². The van der Waals surface area contributed by atoms with Crippen LogP contribution in [0.25, 0.3) is 0 Å². The number of halogens is 1. The van der Waals surface area contributed by atoms with E-state index in [0.29, 0.717) is 6.54 Å². The molecule has 2 aromatic carbocycles. The maximum Gasteiger partial charge on any atom is 0.123 e. The van der Waals surface area contributed by atoms with Crippen molar-refractivity contribution in [2.45, 2.75) is 19.3 Å². The third kappa shape index (κ3) is 3.17. The van der Waals surface area contributed by atoms with Gasteiger partial charge in [0.25, 0.3) is 0 Å². The lowest BCUT2D eigenvalue weighted by atomic mass is 9.91. The molecule has 94 valence electrons. The smallest absolute Gasteiger partial charge is 0.123 e. The van der Waals surface area contributed by atoms with Crippen LogP contribution in [0.15, 0.2) is 48.5 Å². The Morgan fingerprint density at radius 1 is 1.11 bits per heavy atom. The predicted molar refractivity (Wildman–Crippen MR) is 73.1 cm³/mol. The Bertz CT molecular complexity index is 505. The summed E-state index contributed by atoms with van der Waals surface area (Å²) in [5.74, 6) is 0.0916. The first kappa shape index (κ1) is 12.8. The Hall–Kier alpha value is -1.67. The third-order valence-corrected chi connectivity index (χ3v) is 3.19. The Kier molecular flexibility index (Phi) is 4.11. The standard InChI is InChI=1S/C16H18FN/c1-12-3-2-4-14(9-12)15(11-18)10-13-5-7-16(17)8-6-13/h2-9,15H,10-11,18H2,1H3. The van der Waals surface area contributed by atoms with Gasteiger partial charge in [0.1, 0.15) is 5.82 Å². The van der Waals surface area contributed by atoms with E-state index in [1.807, 2.05) is 12.1 Å². The molecule has 2 rings (SSSR count). The van der Waals surface area contributed by atoms with E-state index in [1.54, 1.807) is 0 Å². The highest BCUT2D eigenvalue weighted by Crippen LogP contribution is 2.21. The van der Waals surface area contributed by atoms with Gasteiger partial charge < -0.3 is 5.73 Å². The first-order valence-electron chi connectivity index (χ1n) is 6.20. The Balaban J connectivity index is 2.17. The first-order chi connectivity index (χ1) is 8.69. The van der Waals surface area contributed by atoms with E-state index < -0.39 is 0 Å². The summed E-state index contributed by atoms with van der Waals surface area (Å²) in [4.78, 5) is 0. The van der Waals surface area contributed by atoms with Gasteiger partial charge in [-0.05, 0) is 43.1 Å². The van der Waals surface area contributed by atoms with Gasteiger partial charge in [0.05, 0.1) is 0 Å². The van der Waals surface area contributed by atoms with Crippen LogP contribution < -0.4 is 5.73 Å². The van der Waals surface area contributed by atoms with E-state index in [-0.39, 0.29) is 11.7 Å². The maximum absolute atomic E-state index is 12.9. The van der Waals surface area contributed by atoms with Crippen molar-refractivity contribution in [3.63, 3.8) is 0 Å². The fraction of sp³-hybridized carbons (Fsp3) is 0.250. The SMILES string of the molecule is Cc1cccc(C(CN)Cc2ccc(F)cc2)c1. The van der Waals surface area contributed by atoms with Gasteiger partial charge >= 0.3 is 0 Å². The summed E-state index contributed by atoms with van der Waals surface area (Å²) in [5.41, 5.74) is 9.47. The second-order valence-electron chi connectivity index (χ2n) is 4.68. The molecule has 0 amide bonds. The molecule has 18 heavy (non-hydrogen) atoms. The molecule has 2 N–H and O–H groups in total. The molecule has 2 heteroatoms. The van der Waals surface area contributed by atoms with Crippen molar-refractivity contribution in [1.82, 2.24) is 0 Å². The van der Waals surface area contributed by atoms with Crippen LogP contribution in [0.1, 0.15) is 22.6 Å². The fourth-order valence-corrected chi connectivity index (χ4v) is 2.17. The van der Waals surface area contributed by atoms with Gasteiger partial charge in [-0.2, -0.15) is 0 Å². The van der Waals surface area contributed by atoms with Gasteiger partial charge in [0, 0.05) is 5.92 Å². The molecule has 0 aliphatic rings. The number of nitrogens with two attached hydrogens (primary N) is 1. The summed E-state index contributed by atoms with van der Waals surface area (Å²) < 4.78 is 12.9. The molecule has 0 aliphatic heterocycles. The van der Waals surface area contributed by atoms with Gasteiger partial charge in [0.15, 0.2) is 0 Å². The highest BCUT2D eigenvalue weighted by Gasteiger charge is 2.10. The van der Waals surface area contributed by atoms with Crippen LogP contribution in [0, 0.1) is 12.7 Å². The molecule has 0 aromatic heterocycles. The summed E-state index contributed by atoms with van der Waals surface area (Å²) in [6.07, 6.45) is 0.847. The van der Waals surface area contributed by atoms with Gasteiger partial charge in [-0.3, -0.25) is 0 Å². The third-order valence-electron chi connectivity index (χ3n) is 3.19. The van der Waals surface area contributed by atoms with Crippen LogP contribution in [0.3, 0.4) is 0 Å². The quantitative estimate of drug-likeness (QED) is 0.874. The Labute approximate surface area is 107 Å². The lowest BCUT2D eigenvalue weighted by Crippen LogP contribution is -2.15. The Morgan fingerprint density at radius 2 is 1.83 bits per heavy atom. The molecule has 0 aliphatic carbocycles. The molecular formula is C16H18FN. The van der Waals surface area contributed by atoms with Crippen molar-refractivity contribution >= 4 is 0 Å². The van der Waals surface area contributed by atoms with E-state index in [4.69, 9.17) is 5.73 Å². The lowest BCUT2D eigenvalue weighted by Gasteiger charge is -2.16. The van der Waals surface area contributed by atoms with E-state index in [0.717, 1.165) is 12.0 Å². The zero-order valence-corrected chi connectivity index (χ0v) is 10.6. The van der Waals surface area contributed by atoms with Gasteiger partial charge in [0.2, 0.25) is 0 Å². The number of rotatable bonds is 4. The second kappa shape index (κ2) is 5.78. The average molecular weight is 243 g/mol. The number of aryl methyl sites for hydroxylation is 1. The van der Waals surface area contributed by atoms with Crippen molar-refractivity contribution < 1.29 is 4.39 Å². The lowest BCUT2D eigenvalue weighted by molar-refractivity contribution is 0.625. The number of hydrogen-bond acceptors (Lipinski definition) is 1. The van der Waals surface area contributed by atoms with Crippen LogP contribution in [0.5, 0.6) is 0 Å². The number of benzene rings is 2. The number of hydrogen-bond donors (Lipinski definition) is 1. The zero-order valence-electron chi connectivity index (χ0n) is 10.6. The molecule has 1 nitrogen and oxygen atoms in total. The maximum atomic E-state index is 12.9. The molecule has 0 saturated carbocycles. The molecular weight excluding hydrogens is 225 g/mol. The highest BCUT2D eigenvalue weighted by atomic mass is 19.1. The van der Waals surface area contributed by atoms with E-state index in [1.165, 1.54) is 23.3 Å². The predicted octanol–water partition coefficient (Wildman–Crippen LogP) is 3.42. The molecule has 2 aromatic rings. The fourth-order valence-electron chi connectivity index (χ4n) is 2.17. The molecule has 0 fully saturated rings.